The summed E-state index contributed by atoms with van der Waals surface area (Å²) in [6.45, 7) is 3.35. The van der Waals surface area contributed by atoms with Crippen LogP contribution in [0, 0.1) is 11.3 Å². The highest BCUT2D eigenvalue weighted by Gasteiger charge is 2.39. The van der Waals surface area contributed by atoms with E-state index in [-0.39, 0.29) is 11.3 Å². The second-order valence-corrected chi connectivity index (χ2v) is 7.20. The Bertz CT molecular complexity index is 948. The molecule has 0 atom stereocenters. The van der Waals surface area contributed by atoms with Crippen molar-refractivity contribution >= 4 is 28.3 Å². The van der Waals surface area contributed by atoms with E-state index in [1.165, 1.54) is 17.6 Å². The quantitative estimate of drug-likeness (QED) is 0.625. The lowest BCUT2D eigenvalue weighted by Crippen LogP contribution is -2.36. The Kier molecular flexibility index (Phi) is 5.13. The molecule has 138 valence electrons. The highest BCUT2D eigenvalue weighted by atomic mass is 32.2. The normalized spacial score (nSPS) is 14.7. The molecule has 0 radical (unpaired) electrons. The van der Waals surface area contributed by atoms with Gasteiger partial charge in [-0.3, -0.25) is 9.63 Å². The molecule has 0 spiro atoms. The van der Waals surface area contributed by atoms with Gasteiger partial charge in [-0.15, -0.1) is 0 Å². The Labute approximate surface area is 161 Å². The third-order valence-electron chi connectivity index (χ3n) is 4.05. The summed E-state index contributed by atoms with van der Waals surface area (Å²) in [6.07, 6.45) is 0. The largest absolute Gasteiger partial charge is 0.507 e. The van der Waals surface area contributed by atoms with E-state index in [1.54, 1.807) is 38.1 Å². The molecule has 0 bridgehead atoms. The van der Waals surface area contributed by atoms with Crippen LogP contribution in [0.1, 0.15) is 25.0 Å². The fourth-order valence-corrected chi connectivity index (χ4v) is 3.46. The van der Waals surface area contributed by atoms with Gasteiger partial charge in [-0.2, -0.15) is 9.73 Å². The van der Waals surface area contributed by atoms with Crippen molar-refractivity contribution in [1.82, 2.24) is 0 Å². The van der Waals surface area contributed by atoms with Crippen molar-refractivity contribution in [3.63, 3.8) is 0 Å². The summed E-state index contributed by atoms with van der Waals surface area (Å²) in [7, 11) is 1.46. The minimum atomic E-state index is -1.07. The van der Waals surface area contributed by atoms with Crippen LogP contribution in [-0.4, -0.2) is 22.9 Å². The number of nitrogens with zero attached hydrogens (tertiary/aromatic N) is 2. The first-order chi connectivity index (χ1) is 12.9. The molecule has 6 nitrogen and oxygen atoms in total. The second kappa shape index (κ2) is 7.35. The molecule has 2 aromatic carbocycles. The molecule has 0 saturated carbocycles. The van der Waals surface area contributed by atoms with E-state index in [9.17, 15) is 15.2 Å². The Morgan fingerprint density at radius 2 is 1.96 bits per heavy atom. The third-order valence-corrected chi connectivity index (χ3v) is 4.95. The molecule has 1 aliphatic heterocycles. The molecule has 7 heteroatoms. The van der Waals surface area contributed by atoms with Gasteiger partial charge in [-0.1, -0.05) is 18.2 Å². The number of ether oxygens (including phenoxy) is 1. The van der Waals surface area contributed by atoms with E-state index >= 15 is 0 Å². The van der Waals surface area contributed by atoms with E-state index in [4.69, 9.17) is 9.57 Å². The average molecular weight is 382 g/mol. The number of hydrogen-bond acceptors (Lipinski definition) is 7. The van der Waals surface area contributed by atoms with Crippen molar-refractivity contribution in [1.29, 1.82) is 5.26 Å². The van der Waals surface area contributed by atoms with Gasteiger partial charge in [-0.25, -0.2) is 0 Å². The minimum Gasteiger partial charge on any atom is -0.507 e. The number of nitriles is 1. The minimum absolute atomic E-state index is 0.0985. The van der Waals surface area contributed by atoms with Crippen LogP contribution < -0.4 is 9.21 Å². The standard InChI is InChI=1S/C20H18N2O4S/c1-20(2)18(23)17(15-11-13(12-21)9-10-16(15)26-20)19(24)27-22(25-3)14-7-5-4-6-8-14/h4-11,23H,1-3H3. The second-order valence-electron chi connectivity index (χ2n) is 6.31. The summed E-state index contributed by atoms with van der Waals surface area (Å²) in [4.78, 5) is 18.4. The van der Waals surface area contributed by atoms with E-state index < -0.39 is 10.7 Å². The average Bonchev–Trinajstić information content (AvgIpc) is 2.67. The van der Waals surface area contributed by atoms with Crippen LogP contribution in [0.3, 0.4) is 0 Å². The van der Waals surface area contributed by atoms with Crippen LogP contribution in [0.5, 0.6) is 5.75 Å². The molecule has 0 saturated heterocycles. The Morgan fingerprint density at radius 3 is 2.59 bits per heavy atom. The molecular weight excluding hydrogens is 364 g/mol. The zero-order chi connectivity index (χ0) is 19.6. The number of benzene rings is 2. The number of fused-ring (bicyclic) bond motifs is 1. The van der Waals surface area contributed by atoms with Crippen LogP contribution in [-0.2, 0) is 9.63 Å². The molecule has 0 amide bonds. The molecular formula is C20H18N2O4S. The fourth-order valence-electron chi connectivity index (χ4n) is 2.71. The van der Waals surface area contributed by atoms with E-state index in [2.05, 4.69) is 0 Å². The van der Waals surface area contributed by atoms with Gasteiger partial charge < -0.3 is 9.84 Å². The van der Waals surface area contributed by atoms with Gasteiger partial charge in [0.05, 0.1) is 42.0 Å². The third kappa shape index (κ3) is 3.63. The zero-order valence-electron chi connectivity index (χ0n) is 15.1. The van der Waals surface area contributed by atoms with Gasteiger partial charge in [0.2, 0.25) is 5.12 Å². The number of para-hydroxylation sites is 1. The highest BCUT2D eigenvalue weighted by Crippen LogP contribution is 2.42. The molecule has 1 aliphatic rings. The van der Waals surface area contributed by atoms with Gasteiger partial charge in [0, 0.05) is 5.56 Å². The van der Waals surface area contributed by atoms with Crippen LogP contribution >= 0.6 is 11.9 Å². The van der Waals surface area contributed by atoms with E-state index in [1.807, 2.05) is 24.3 Å². The van der Waals surface area contributed by atoms with Crippen molar-refractivity contribution in [3.8, 4) is 11.8 Å². The van der Waals surface area contributed by atoms with Crippen LogP contribution in [0.2, 0.25) is 0 Å². The van der Waals surface area contributed by atoms with Crippen LogP contribution in [0.15, 0.2) is 54.3 Å². The number of aliphatic hydroxyl groups excluding tert-OH is 1. The topological polar surface area (TPSA) is 82.8 Å². The molecule has 1 N–H and O–H groups in total. The molecule has 27 heavy (non-hydrogen) atoms. The van der Waals surface area contributed by atoms with Crippen molar-refractivity contribution in [3.05, 3.63) is 65.4 Å². The van der Waals surface area contributed by atoms with Crippen molar-refractivity contribution in [2.24, 2.45) is 0 Å². The van der Waals surface area contributed by atoms with Crippen LogP contribution in [0.4, 0.5) is 5.69 Å². The van der Waals surface area contributed by atoms with Crippen molar-refractivity contribution in [2.45, 2.75) is 19.4 Å². The highest BCUT2D eigenvalue weighted by molar-refractivity contribution is 8.15. The molecule has 2 aromatic rings. The summed E-state index contributed by atoms with van der Waals surface area (Å²) < 4.78 is 7.16. The maximum Gasteiger partial charge on any atom is 0.246 e. The Balaban J connectivity index is 2.03. The zero-order valence-corrected chi connectivity index (χ0v) is 15.9. The summed E-state index contributed by atoms with van der Waals surface area (Å²) in [5.41, 5.74) is 0.452. The number of aliphatic hydroxyl groups is 1. The summed E-state index contributed by atoms with van der Waals surface area (Å²) in [6, 6.07) is 15.9. The van der Waals surface area contributed by atoms with Gasteiger partial charge in [0.1, 0.15) is 11.5 Å². The maximum absolute atomic E-state index is 13.1. The summed E-state index contributed by atoms with van der Waals surface area (Å²) in [5, 5.41) is 19.5. The number of carbonyl (C=O) groups excluding carboxylic acids is 1. The van der Waals surface area contributed by atoms with E-state index in [0.29, 0.717) is 22.6 Å². The van der Waals surface area contributed by atoms with E-state index in [0.717, 1.165) is 11.9 Å². The van der Waals surface area contributed by atoms with Crippen molar-refractivity contribution < 1.29 is 19.5 Å². The maximum atomic E-state index is 13.1. The first kappa shape index (κ1) is 18.8. The monoisotopic (exact) mass is 382 g/mol. The fraction of sp³-hybridized carbons (Fsp3) is 0.200. The van der Waals surface area contributed by atoms with Crippen molar-refractivity contribution in [2.75, 3.05) is 11.6 Å². The first-order valence-electron chi connectivity index (χ1n) is 8.16. The van der Waals surface area contributed by atoms with Gasteiger partial charge in [0.25, 0.3) is 0 Å². The smallest absolute Gasteiger partial charge is 0.246 e. The van der Waals surface area contributed by atoms with Gasteiger partial charge in [0.15, 0.2) is 5.60 Å². The molecule has 0 fully saturated rings. The molecule has 0 aromatic heterocycles. The summed E-state index contributed by atoms with van der Waals surface area (Å²) in [5.74, 6) is 0.246. The molecule has 1 heterocycles. The number of carbonyl (C=O) groups is 1. The predicted octanol–water partition coefficient (Wildman–Crippen LogP) is 4.24. The lowest BCUT2D eigenvalue weighted by atomic mass is 9.92. The van der Waals surface area contributed by atoms with Gasteiger partial charge >= 0.3 is 0 Å². The summed E-state index contributed by atoms with van der Waals surface area (Å²) >= 11 is 0.802. The molecule has 3 rings (SSSR count). The lowest BCUT2D eigenvalue weighted by Gasteiger charge is -2.33. The predicted molar refractivity (Wildman–Crippen MR) is 104 cm³/mol. The number of anilines is 1. The number of hydrogen-bond donors (Lipinski definition) is 1. The first-order valence-corrected chi connectivity index (χ1v) is 8.93. The van der Waals surface area contributed by atoms with Gasteiger partial charge in [-0.05, 0) is 44.2 Å². The molecule has 0 aliphatic carbocycles. The number of rotatable bonds is 4. The Hall–Kier alpha value is -2.95. The lowest BCUT2D eigenvalue weighted by molar-refractivity contribution is -0.106. The SMILES string of the molecule is CON(SC(=O)C1=C(O)C(C)(C)Oc2ccc(C#N)cc21)c1ccccc1. The Morgan fingerprint density at radius 1 is 1.26 bits per heavy atom. The van der Waals surface area contributed by atoms with Crippen LogP contribution in [0.25, 0.3) is 5.57 Å². The molecule has 0 unspecified atom stereocenters.